The van der Waals surface area contributed by atoms with Gasteiger partial charge in [-0.15, -0.1) is 0 Å². The standard InChI is InChI=1S/C21H12FNO4/c22-15-3-1-2-14(11-15)21(25)26-16-4-5-17-18(12-16)27-19(20(17)24)10-13-6-8-23-9-7-13/h1-12H/b19-10-. The summed E-state index contributed by atoms with van der Waals surface area (Å²) in [5.74, 6) is -0.829. The van der Waals surface area contributed by atoms with E-state index in [1.807, 2.05) is 0 Å². The highest BCUT2D eigenvalue weighted by atomic mass is 19.1. The summed E-state index contributed by atoms with van der Waals surface area (Å²) < 4.78 is 24.1. The number of hydrogen-bond donors (Lipinski definition) is 0. The molecule has 5 nitrogen and oxygen atoms in total. The summed E-state index contributed by atoms with van der Waals surface area (Å²) in [4.78, 5) is 28.5. The number of carbonyl (C=O) groups excluding carboxylic acids is 2. The topological polar surface area (TPSA) is 65.5 Å². The van der Waals surface area contributed by atoms with Gasteiger partial charge in [0.05, 0.1) is 11.1 Å². The number of hydrogen-bond acceptors (Lipinski definition) is 5. The van der Waals surface area contributed by atoms with Crippen LogP contribution in [0.25, 0.3) is 6.08 Å². The van der Waals surface area contributed by atoms with E-state index in [9.17, 15) is 14.0 Å². The Kier molecular flexibility index (Phi) is 4.22. The van der Waals surface area contributed by atoms with Crippen LogP contribution in [-0.4, -0.2) is 16.7 Å². The van der Waals surface area contributed by atoms with Crippen LogP contribution in [-0.2, 0) is 0 Å². The van der Waals surface area contributed by atoms with Crippen LogP contribution in [0.1, 0.15) is 26.3 Å². The number of ketones is 1. The normalized spacial score (nSPS) is 14.0. The number of aromatic nitrogens is 1. The van der Waals surface area contributed by atoms with Gasteiger partial charge >= 0.3 is 5.97 Å². The minimum Gasteiger partial charge on any atom is -0.452 e. The summed E-state index contributed by atoms with van der Waals surface area (Å²) in [6.07, 6.45) is 4.84. The van der Waals surface area contributed by atoms with Gasteiger partial charge in [0.15, 0.2) is 5.76 Å². The number of pyridine rings is 1. The number of fused-ring (bicyclic) bond motifs is 1. The Morgan fingerprint density at radius 3 is 2.67 bits per heavy atom. The number of rotatable bonds is 3. The van der Waals surface area contributed by atoms with Crippen molar-refractivity contribution >= 4 is 17.8 Å². The van der Waals surface area contributed by atoms with Gasteiger partial charge in [0.25, 0.3) is 0 Å². The Bertz CT molecular complexity index is 1080. The van der Waals surface area contributed by atoms with Crippen LogP contribution < -0.4 is 9.47 Å². The van der Waals surface area contributed by atoms with E-state index in [4.69, 9.17) is 9.47 Å². The molecule has 0 atom stereocenters. The molecule has 132 valence electrons. The number of Topliss-reactive ketones (excluding diaryl/α,β-unsaturated/α-hetero) is 1. The molecule has 2 heterocycles. The van der Waals surface area contributed by atoms with E-state index in [1.165, 1.54) is 36.4 Å². The van der Waals surface area contributed by atoms with Crippen molar-refractivity contribution in [2.24, 2.45) is 0 Å². The number of ether oxygens (including phenoxy) is 2. The third kappa shape index (κ3) is 3.46. The second-order valence-corrected chi connectivity index (χ2v) is 5.78. The lowest BCUT2D eigenvalue weighted by atomic mass is 10.1. The molecule has 3 aromatic rings. The van der Waals surface area contributed by atoms with E-state index >= 15 is 0 Å². The van der Waals surface area contributed by atoms with Crippen molar-refractivity contribution in [3.05, 3.63) is 95.3 Å². The molecule has 0 saturated heterocycles. The van der Waals surface area contributed by atoms with Crippen LogP contribution in [0.5, 0.6) is 11.5 Å². The smallest absolute Gasteiger partial charge is 0.343 e. The first-order valence-corrected chi connectivity index (χ1v) is 8.06. The van der Waals surface area contributed by atoms with Gasteiger partial charge in [-0.05, 0) is 54.1 Å². The lowest BCUT2D eigenvalue weighted by Crippen LogP contribution is -2.08. The van der Waals surface area contributed by atoms with Gasteiger partial charge in [-0.25, -0.2) is 9.18 Å². The van der Waals surface area contributed by atoms with E-state index in [2.05, 4.69) is 4.98 Å². The van der Waals surface area contributed by atoms with Crippen LogP contribution in [0.15, 0.2) is 72.8 Å². The maximum atomic E-state index is 13.2. The van der Waals surface area contributed by atoms with E-state index in [1.54, 1.807) is 30.6 Å². The van der Waals surface area contributed by atoms with Crippen molar-refractivity contribution in [2.45, 2.75) is 0 Å². The van der Waals surface area contributed by atoms with Gasteiger partial charge in [-0.2, -0.15) is 0 Å². The predicted molar refractivity (Wildman–Crippen MR) is 95.0 cm³/mol. The molecule has 0 bridgehead atoms. The highest BCUT2D eigenvalue weighted by molar-refractivity contribution is 6.14. The molecule has 0 saturated carbocycles. The van der Waals surface area contributed by atoms with Crippen molar-refractivity contribution in [1.29, 1.82) is 0 Å². The van der Waals surface area contributed by atoms with Gasteiger partial charge in [-0.1, -0.05) is 6.07 Å². The molecular formula is C21H12FNO4. The second-order valence-electron chi connectivity index (χ2n) is 5.78. The lowest BCUT2D eigenvalue weighted by Gasteiger charge is -2.05. The zero-order valence-corrected chi connectivity index (χ0v) is 13.9. The molecule has 0 N–H and O–H groups in total. The summed E-state index contributed by atoms with van der Waals surface area (Å²) in [5, 5.41) is 0. The number of nitrogens with zero attached hydrogens (tertiary/aromatic N) is 1. The van der Waals surface area contributed by atoms with Crippen molar-refractivity contribution in [3.8, 4) is 11.5 Å². The van der Waals surface area contributed by atoms with E-state index in [0.29, 0.717) is 11.3 Å². The molecule has 6 heteroatoms. The molecular weight excluding hydrogens is 349 g/mol. The fourth-order valence-corrected chi connectivity index (χ4v) is 2.62. The highest BCUT2D eigenvalue weighted by Gasteiger charge is 2.28. The molecule has 4 rings (SSSR count). The van der Waals surface area contributed by atoms with E-state index in [-0.39, 0.29) is 22.9 Å². The fourth-order valence-electron chi connectivity index (χ4n) is 2.62. The zero-order valence-electron chi connectivity index (χ0n) is 13.9. The summed E-state index contributed by atoms with van der Waals surface area (Å²) in [7, 11) is 0. The first-order chi connectivity index (χ1) is 13.1. The maximum Gasteiger partial charge on any atom is 0.343 e. The SMILES string of the molecule is O=C(Oc1ccc2c(c1)O/C(=C\c1ccncc1)C2=O)c1cccc(F)c1. The van der Waals surface area contributed by atoms with Crippen LogP contribution in [0, 0.1) is 5.82 Å². The van der Waals surface area contributed by atoms with Gasteiger partial charge in [0.2, 0.25) is 5.78 Å². The van der Waals surface area contributed by atoms with Crippen molar-refractivity contribution in [3.63, 3.8) is 0 Å². The fraction of sp³-hybridized carbons (Fsp3) is 0. The third-order valence-corrected chi connectivity index (χ3v) is 3.92. The lowest BCUT2D eigenvalue weighted by molar-refractivity contribution is 0.0734. The van der Waals surface area contributed by atoms with Gasteiger partial charge in [0, 0.05) is 18.5 Å². The molecule has 0 aliphatic carbocycles. The highest BCUT2D eigenvalue weighted by Crippen LogP contribution is 2.35. The third-order valence-electron chi connectivity index (χ3n) is 3.92. The minimum absolute atomic E-state index is 0.0887. The van der Waals surface area contributed by atoms with Gasteiger partial charge in [0.1, 0.15) is 17.3 Å². The summed E-state index contributed by atoms with van der Waals surface area (Å²) in [6, 6.07) is 13.2. The Balaban J connectivity index is 1.56. The largest absolute Gasteiger partial charge is 0.452 e. The molecule has 1 aliphatic rings. The number of esters is 1. The summed E-state index contributed by atoms with van der Waals surface area (Å²) in [6.45, 7) is 0. The number of halogens is 1. The monoisotopic (exact) mass is 361 g/mol. The van der Waals surface area contributed by atoms with Crippen LogP contribution in [0.3, 0.4) is 0 Å². The average Bonchev–Trinajstić information content (AvgIpc) is 2.97. The molecule has 0 unspecified atom stereocenters. The first kappa shape index (κ1) is 16.7. The summed E-state index contributed by atoms with van der Waals surface area (Å²) >= 11 is 0. The second kappa shape index (κ2) is 6.84. The first-order valence-electron chi connectivity index (χ1n) is 8.06. The number of benzene rings is 2. The molecule has 0 fully saturated rings. The van der Waals surface area contributed by atoms with E-state index < -0.39 is 11.8 Å². The molecule has 0 spiro atoms. The zero-order chi connectivity index (χ0) is 18.8. The number of carbonyl (C=O) groups is 2. The molecule has 1 aromatic heterocycles. The predicted octanol–water partition coefficient (Wildman–Crippen LogP) is 4.06. The van der Waals surface area contributed by atoms with Gasteiger partial charge < -0.3 is 9.47 Å². The van der Waals surface area contributed by atoms with Crippen LogP contribution in [0.4, 0.5) is 4.39 Å². The van der Waals surface area contributed by atoms with Crippen molar-refractivity contribution < 1.29 is 23.5 Å². The quantitative estimate of drug-likeness (QED) is 0.400. The summed E-state index contributed by atoms with van der Waals surface area (Å²) in [5.41, 5.74) is 1.24. The van der Waals surface area contributed by atoms with Crippen molar-refractivity contribution in [2.75, 3.05) is 0 Å². The average molecular weight is 361 g/mol. The number of allylic oxidation sites excluding steroid dienone is 1. The Labute approximate surface area is 153 Å². The van der Waals surface area contributed by atoms with Crippen LogP contribution in [0.2, 0.25) is 0 Å². The molecule has 1 aliphatic heterocycles. The van der Waals surface area contributed by atoms with Crippen molar-refractivity contribution in [1.82, 2.24) is 4.98 Å². The Morgan fingerprint density at radius 2 is 1.89 bits per heavy atom. The molecule has 2 aromatic carbocycles. The Morgan fingerprint density at radius 1 is 1.07 bits per heavy atom. The molecule has 0 amide bonds. The van der Waals surface area contributed by atoms with Gasteiger partial charge in [-0.3, -0.25) is 9.78 Å². The Hall–Kier alpha value is -3.80. The molecule has 27 heavy (non-hydrogen) atoms. The minimum atomic E-state index is -0.702. The van der Waals surface area contributed by atoms with Crippen LogP contribution >= 0.6 is 0 Å². The maximum absolute atomic E-state index is 13.2. The van der Waals surface area contributed by atoms with E-state index in [0.717, 1.165) is 11.6 Å². The molecule has 0 radical (unpaired) electrons.